The first-order chi connectivity index (χ1) is 9.99. The molecule has 0 aliphatic rings. The first-order valence-electron chi connectivity index (χ1n) is 7.04. The fraction of sp³-hybridized carbons (Fsp3) is 0.375. The van der Waals surface area contributed by atoms with E-state index in [1.54, 1.807) is 0 Å². The standard InChI is InChI=1S/C16H22N3OSi/c1-12(16-13(2)19(3)11-18-16)17-10-14-8-6-7-9-15(14)20-21(4)5/h6-9,11H,10H2,1-5H3. The molecule has 1 aromatic heterocycles. The van der Waals surface area contributed by atoms with Gasteiger partial charge in [0.1, 0.15) is 11.4 Å². The van der Waals surface area contributed by atoms with Crippen LogP contribution in [0.3, 0.4) is 0 Å². The Morgan fingerprint density at radius 2 is 2.05 bits per heavy atom. The van der Waals surface area contributed by atoms with Gasteiger partial charge in [-0.15, -0.1) is 0 Å². The average molecular weight is 300 g/mol. The molecule has 0 aliphatic carbocycles. The summed E-state index contributed by atoms with van der Waals surface area (Å²) in [5.74, 6) is 0.950. The van der Waals surface area contributed by atoms with Crippen LogP contribution in [-0.2, 0) is 13.6 Å². The normalized spacial score (nSPS) is 12.0. The van der Waals surface area contributed by atoms with Crippen LogP contribution >= 0.6 is 0 Å². The highest BCUT2D eigenvalue weighted by Crippen LogP contribution is 2.20. The third-order valence-corrected chi connectivity index (χ3v) is 3.98. The van der Waals surface area contributed by atoms with Crippen LogP contribution in [-0.4, -0.2) is 24.3 Å². The monoisotopic (exact) mass is 300 g/mol. The smallest absolute Gasteiger partial charge is 0.274 e. The number of hydrogen-bond acceptors (Lipinski definition) is 3. The molecule has 0 atom stereocenters. The molecule has 0 saturated heterocycles. The van der Waals surface area contributed by atoms with Crippen molar-refractivity contribution >= 4 is 14.8 Å². The van der Waals surface area contributed by atoms with E-state index in [1.807, 2.05) is 43.1 Å². The van der Waals surface area contributed by atoms with Crippen molar-refractivity contribution in [3.8, 4) is 5.75 Å². The molecule has 0 spiro atoms. The lowest BCUT2D eigenvalue weighted by atomic mass is 10.2. The third kappa shape index (κ3) is 3.82. The van der Waals surface area contributed by atoms with Crippen molar-refractivity contribution in [2.45, 2.75) is 33.5 Å². The van der Waals surface area contributed by atoms with Gasteiger partial charge in [-0.1, -0.05) is 18.2 Å². The van der Waals surface area contributed by atoms with Crippen LogP contribution in [0.2, 0.25) is 13.1 Å². The fourth-order valence-corrected chi connectivity index (χ4v) is 2.72. The lowest BCUT2D eigenvalue weighted by Gasteiger charge is -2.12. The van der Waals surface area contributed by atoms with Crippen LogP contribution in [0.1, 0.15) is 23.9 Å². The van der Waals surface area contributed by atoms with Gasteiger partial charge in [-0.3, -0.25) is 4.99 Å². The van der Waals surface area contributed by atoms with Crippen molar-refractivity contribution in [2.75, 3.05) is 0 Å². The van der Waals surface area contributed by atoms with Crippen molar-refractivity contribution in [3.05, 3.63) is 47.5 Å². The first kappa shape index (κ1) is 15.5. The Labute approximate surface area is 128 Å². The topological polar surface area (TPSA) is 39.4 Å². The summed E-state index contributed by atoms with van der Waals surface area (Å²) in [4.78, 5) is 9.08. The molecule has 0 unspecified atom stereocenters. The molecule has 0 aliphatic heterocycles. The Morgan fingerprint density at radius 1 is 1.33 bits per heavy atom. The molecule has 0 fully saturated rings. The lowest BCUT2D eigenvalue weighted by molar-refractivity contribution is 0.571. The minimum atomic E-state index is -0.766. The summed E-state index contributed by atoms with van der Waals surface area (Å²) < 4.78 is 7.93. The van der Waals surface area contributed by atoms with E-state index in [0.717, 1.165) is 28.4 Å². The van der Waals surface area contributed by atoms with Crippen molar-refractivity contribution in [2.24, 2.45) is 12.0 Å². The van der Waals surface area contributed by atoms with E-state index in [0.29, 0.717) is 6.54 Å². The van der Waals surface area contributed by atoms with Gasteiger partial charge in [0, 0.05) is 18.3 Å². The number of para-hydroxylation sites is 1. The predicted octanol–water partition coefficient (Wildman–Crippen LogP) is 3.37. The van der Waals surface area contributed by atoms with Gasteiger partial charge in [-0.05, 0) is 33.0 Å². The molecular formula is C16H22N3OSi. The van der Waals surface area contributed by atoms with Crippen LogP contribution in [0.5, 0.6) is 5.75 Å². The van der Waals surface area contributed by atoms with E-state index in [2.05, 4.69) is 36.1 Å². The van der Waals surface area contributed by atoms with E-state index < -0.39 is 9.04 Å². The highest BCUT2D eigenvalue weighted by atomic mass is 28.3. The minimum Gasteiger partial charge on any atom is -0.542 e. The molecule has 0 amide bonds. The number of benzene rings is 1. The zero-order valence-corrected chi connectivity index (χ0v) is 14.3. The number of imidazole rings is 1. The highest BCUT2D eigenvalue weighted by Gasteiger charge is 2.09. The maximum absolute atomic E-state index is 5.92. The van der Waals surface area contributed by atoms with Crippen LogP contribution in [0.15, 0.2) is 35.6 Å². The van der Waals surface area contributed by atoms with Crippen LogP contribution < -0.4 is 4.43 Å². The summed E-state index contributed by atoms with van der Waals surface area (Å²) in [6, 6.07) is 8.12. The number of aliphatic imine (C=N–C) groups is 1. The Bertz CT molecular complexity index is 647. The fourth-order valence-electron chi connectivity index (χ4n) is 2.08. The Hall–Kier alpha value is -1.88. The third-order valence-electron chi connectivity index (χ3n) is 3.35. The highest BCUT2D eigenvalue weighted by molar-refractivity contribution is 6.49. The zero-order chi connectivity index (χ0) is 15.4. The van der Waals surface area contributed by atoms with Crippen molar-refractivity contribution in [1.29, 1.82) is 0 Å². The average Bonchev–Trinajstić information content (AvgIpc) is 2.77. The molecule has 5 heteroatoms. The van der Waals surface area contributed by atoms with E-state index in [1.165, 1.54) is 0 Å². The van der Waals surface area contributed by atoms with Gasteiger partial charge in [-0.25, -0.2) is 4.98 Å². The van der Waals surface area contributed by atoms with E-state index in [-0.39, 0.29) is 0 Å². The molecule has 21 heavy (non-hydrogen) atoms. The Kier molecular flexibility index (Phi) is 4.96. The predicted molar refractivity (Wildman–Crippen MR) is 88.4 cm³/mol. The largest absolute Gasteiger partial charge is 0.542 e. The quantitative estimate of drug-likeness (QED) is 0.627. The number of aryl methyl sites for hydroxylation is 1. The van der Waals surface area contributed by atoms with Gasteiger partial charge in [-0.2, -0.15) is 0 Å². The van der Waals surface area contributed by atoms with E-state index >= 15 is 0 Å². The SMILES string of the molecule is CC(=NCc1ccccc1O[Si](C)C)c1ncn(C)c1C. The number of aromatic nitrogens is 2. The molecule has 2 aromatic rings. The second-order valence-corrected chi connectivity index (χ2v) is 7.33. The molecule has 1 radical (unpaired) electrons. The number of hydrogen-bond donors (Lipinski definition) is 0. The van der Waals surface area contributed by atoms with Crippen molar-refractivity contribution < 1.29 is 4.43 Å². The lowest BCUT2D eigenvalue weighted by Crippen LogP contribution is -2.12. The van der Waals surface area contributed by atoms with Crippen LogP contribution in [0.25, 0.3) is 0 Å². The Balaban J connectivity index is 2.19. The molecule has 1 heterocycles. The molecular weight excluding hydrogens is 278 g/mol. The van der Waals surface area contributed by atoms with Crippen LogP contribution in [0.4, 0.5) is 0 Å². The minimum absolute atomic E-state index is 0.618. The van der Waals surface area contributed by atoms with Gasteiger partial charge in [0.2, 0.25) is 0 Å². The van der Waals surface area contributed by atoms with Gasteiger partial charge in [0.25, 0.3) is 9.04 Å². The molecule has 111 valence electrons. The molecule has 0 N–H and O–H groups in total. The molecule has 4 nitrogen and oxygen atoms in total. The van der Waals surface area contributed by atoms with Gasteiger partial charge in [0.05, 0.1) is 18.6 Å². The van der Waals surface area contributed by atoms with Crippen molar-refractivity contribution in [3.63, 3.8) is 0 Å². The van der Waals surface area contributed by atoms with Gasteiger partial charge in [0.15, 0.2) is 0 Å². The van der Waals surface area contributed by atoms with Gasteiger partial charge < -0.3 is 8.99 Å². The number of rotatable bonds is 5. The van der Waals surface area contributed by atoms with E-state index in [9.17, 15) is 0 Å². The first-order valence-corrected chi connectivity index (χ1v) is 9.45. The van der Waals surface area contributed by atoms with E-state index in [4.69, 9.17) is 4.43 Å². The molecule has 1 aromatic carbocycles. The van der Waals surface area contributed by atoms with Crippen LogP contribution in [0, 0.1) is 6.92 Å². The summed E-state index contributed by atoms with van der Waals surface area (Å²) in [5.41, 5.74) is 4.18. The second-order valence-electron chi connectivity index (χ2n) is 5.31. The second kappa shape index (κ2) is 6.71. The summed E-state index contributed by atoms with van der Waals surface area (Å²) in [6.45, 7) is 8.95. The summed E-state index contributed by atoms with van der Waals surface area (Å²) >= 11 is 0. The van der Waals surface area contributed by atoms with Gasteiger partial charge >= 0.3 is 0 Å². The molecule has 0 saturated carbocycles. The molecule has 0 bridgehead atoms. The molecule has 2 rings (SSSR count). The summed E-state index contributed by atoms with van der Waals surface area (Å²) in [6.07, 6.45) is 1.82. The Morgan fingerprint density at radius 3 is 2.67 bits per heavy atom. The maximum atomic E-state index is 5.92. The maximum Gasteiger partial charge on any atom is 0.274 e. The zero-order valence-electron chi connectivity index (χ0n) is 13.3. The number of nitrogens with zero attached hydrogens (tertiary/aromatic N) is 3. The van der Waals surface area contributed by atoms with Crippen molar-refractivity contribution in [1.82, 2.24) is 9.55 Å². The summed E-state index contributed by atoms with van der Waals surface area (Å²) in [5, 5.41) is 0. The summed E-state index contributed by atoms with van der Waals surface area (Å²) in [7, 11) is 1.23.